The second-order valence-corrected chi connectivity index (χ2v) is 10.3. The van der Waals surface area contributed by atoms with Crippen LogP contribution in [0.2, 0.25) is 0 Å². The first kappa shape index (κ1) is 26.8. The summed E-state index contributed by atoms with van der Waals surface area (Å²) in [5.41, 5.74) is 4.60. The van der Waals surface area contributed by atoms with Crippen LogP contribution >= 0.6 is 11.8 Å². The topological polar surface area (TPSA) is 56.5 Å². The summed E-state index contributed by atoms with van der Waals surface area (Å²) >= 11 is 1.67. The Balaban J connectivity index is 1.73. The molecule has 0 aliphatic rings. The molecule has 186 valence electrons. The molecule has 0 aliphatic carbocycles. The minimum atomic E-state index is -0.349. The van der Waals surface area contributed by atoms with E-state index in [1.807, 2.05) is 30.3 Å². The van der Waals surface area contributed by atoms with E-state index in [9.17, 15) is 9.59 Å². The minimum Gasteiger partial charge on any atom is -0.462 e. The van der Waals surface area contributed by atoms with E-state index in [0.29, 0.717) is 23.3 Å². The average Bonchev–Trinajstić information content (AvgIpc) is 2.84. The maximum Gasteiger partial charge on any atom is 0.344 e. The predicted octanol–water partition coefficient (Wildman–Crippen LogP) is 7.74. The number of carbonyl (C=O) groups is 1. The number of rotatable bonds is 12. The van der Waals surface area contributed by atoms with Gasteiger partial charge in [-0.05, 0) is 68.0 Å². The Labute approximate surface area is 212 Å². The lowest BCUT2D eigenvalue weighted by molar-refractivity contribution is -0.140. The van der Waals surface area contributed by atoms with Gasteiger partial charge in [0.25, 0.3) is 0 Å². The van der Waals surface area contributed by atoms with E-state index in [1.54, 1.807) is 18.7 Å². The molecule has 2 aromatic carbocycles. The highest BCUT2D eigenvalue weighted by Gasteiger charge is 2.14. The summed E-state index contributed by atoms with van der Waals surface area (Å²) in [6.45, 7) is 12.0. The Kier molecular flexibility index (Phi) is 9.79. The van der Waals surface area contributed by atoms with Gasteiger partial charge in [-0.25, -0.2) is 9.59 Å². The molecule has 0 saturated carbocycles. The van der Waals surface area contributed by atoms with Crippen LogP contribution in [0.4, 0.5) is 0 Å². The van der Waals surface area contributed by atoms with Gasteiger partial charge < -0.3 is 9.15 Å². The monoisotopic (exact) mass is 492 g/mol. The zero-order chi connectivity index (χ0) is 25.4. The van der Waals surface area contributed by atoms with Crippen molar-refractivity contribution >= 4 is 28.7 Å². The summed E-state index contributed by atoms with van der Waals surface area (Å²) in [5.74, 6) is 0.692. The third-order valence-electron chi connectivity index (χ3n) is 6.22. The number of esters is 1. The highest BCUT2D eigenvalue weighted by Crippen LogP contribution is 2.29. The lowest BCUT2D eigenvalue weighted by atomic mass is 9.97. The van der Waals surface area contributed by atoms with Gasteiger partial charge in [-0.3, -0.25) is 0 Å². The summed E-state index contributed by atoms with van der Waals surface area (Å²) in [6.07, 6.45) is 5.60. The lowest BCUT2D eigenvalue weighted by Gasteiger charge is -2.15. The number of aryl methyl sites for hydroxylation is 2. The van der Waals surface area contributed by atoms with Gasteiger partial charge in [-0.15, -0.1) is 11.8 Å². The molecule has 0 saturated heterocycles. The number of hydrogen-bond donors (Lipinski definition) is 0. The predicted molar refractivity (Wildman–Crippen MR) is 146 cm³/mol. The van der Waals surface area contributed by atoms with Crippen LogP contribution in [0, 0.1) is 12.8 Å². The Hall–Kier alpha value is -2.79. The van der Waals surface area contributed by atoms with E-state index in [1.165, 1.54) is 24.8 Å². The van der Waals surface area contributed by atoms with Crippen LogP contribution in [0.15, 0.2) is 68.7 Å². The molecule has 1 atom stereocenters. The van der Waals surface area contributed by atoms with Crippen molar-refractivity contribution in [1.82, 2.24) is 0 Å². The van der Waals surface area contributed by atoms with Crippen molar-refractivity contribution in [3.05, 3.63) is 76.2 Å². The minimum absolute atomic E-state index is 0.237. The van der Waals surface area contributed by atoms with Crippen molar-refractivity contribution in [2.45, 2.75) is 64.7 Å². The van der Waals surface area contributed by atoms with Crippen LogP contribution in [-0.2, 0) is 16.0 Å². The number of carbonyl (C=O) groups excluding carboxylic acids is 1. The largest absolute Gasteiger partial charge is 0.462 e. The van der Waals surface area contributed by atoms with Gasteiger partial charge in [0.05, 0.1) is 12.2 Å². The van der Waals surface area contributed by atoms with Crippen LogP contribution < -0.4 is 5.63 Å². The summed E-state index contributed by atoms with van der Waals surface area (Å²) in [6, 6.07) is 14.3. The maximum atomic E-state index is 12.9. The highest BCUT2D eigenvalue weighted by molar-refractivity contribution is 7.99. The summed E-state index contributed by atoms with van der Waals surface area (Å²) in [5, 5.41) is 0.901. The average molecular weight is 493 g/mol. The van der Waals surface area contributed by atoms with E-state index >= 15 is 0 Å². The molecule has 4 nitrogen and oxygen atoms in total. The molecule has 1 unspecified atom stereocenters. The van der Waals surface area contributed by atoms with Gasteiger partial charge in [-0.2, -0.15) is 0 Å². The van der Waals surface area contributed by atoms with Crippen LogP contribution in [0.1, 0.15) is 57.6 Å². The van der Waals surface area contributed by atoms with Gasteiger partial charge in [-0.1, -0.05) is 57.5 Å². The number of fused-ring (bicyclic) bond motifs is 1. The quantitative estimate of drug-likeness (QED) is 0.0851. The first-order chi connectivity index (χ1) is 16.8. The third-order valence-corrected chi connectivity index (χ3v) is 7.44. The van der Waals surface area contributed by atoms with Crippen molar-refractivity contribution < 1.29 is 13.9 Å². The smallest absolute Gasteiger partial charge is 0.344 e. The molecule has 35 heavy (non-hydrogen) atoms. The van der Waals surface area contributed by atoms with E-state index in [4.69, 9.17) is 9.15 Å². The van der Waals surface area contributed by atoms with Crippen molar-refractivity contribution in [3.8, 4) is 11.1 Å². The van der Waals surface area contributed by atoms with Gasteiger partial charge in [0.15, 0.2) is 0 Å². The molecule has 0 radical (unpaired) electrons. The fourth-order valence-corrected chi connectivity index (χ4v) is 5.06. The molecule has 0 bridgehead atoms. The Bertz CT molecular complexity index is 1240. The van der Waals surface area contributed by atoms with E-state index in [2.05, 4.69) is 39.5 Å². The highest BCUT2D eigenvalue weighted by atomic mass is 32.2. The van der Waals surface area contributed by atoms with Crippen LogP contribution in [0.5, 0.6) is 0 Å². The van der Waals surface area contributed by atoms with Gasteiger partial charge in [0.2, 0.25) is 0 Å². The molecule has 3 aromatic rings. The zero-order valence-corrected chi connectivity index (χ0v) is 22.1. The maximum absolute atomic E-state index is 12.9. The Morgan fingerprint density at radius 1 is 1.09 bits per heavy atom. The van der Waals surface area contributed by atoms with Crippen molar-refractivity contribution in [2.24, 2.45) is 5.92 Å². The molecular weight excluding hydrogens is 456 g/mol. The van der Waals surface area contributed by atoms with Crippen molar-refractivity contribution in [3.63, 3.8) is 0 Å². The van der Waals surface area contributed by atoms with Crippen LogP contribution in [-0.4, -0.2) is 18.3 Å². The molecule has 3 rings (SSSR count). The number of benzene rings is 2. The number of ether oxygens (including phenoxy) is 1. The fourth-order valence-electron chi connectivity index (χ4n) is 3.95. The van der Waals surface area contributed by atoms with Crippen LogP contribution in [0.25, 0.3) is 22.1 Å². The molecule has 0 spiro atoms. The molecule has 0 amide bonds. The second-order valence-electron chi connectivity index (χ2n) is 9.22. The standard InChI is InChI=1S/C30H36O4S/c1-6-8-9-10-23-11-14-26(21(5)15-23)27-16-24-12-13-25(17-28(24)34-30(27)32)35-19-22(7-2)18-33-29(31)20(3)4/h11-17,22H,3,6-10,18-19H2,1-2,4-5H3. The number of thioether (sulfide) groups is 1. The normalized spacial score (nSPS) is 12.0. The zero-order valence-electron chi connectivity index (χ0n) is 21.3. The van der Waals surface area contributed by atoms with E-state index in [-0.39, 0.29) is 17.5 Å². The fraction of sp³-hybridized carbons (Fsp3) is 0.400. The van der Waals surface area contributed by atoms with E-state index in [0.717, 1.165) is 40.0 Å². The summed E-state index contributed by atoms with van der Waals surface area (Å²) in [7, 11) is 0. The van der Waals surface area contributed by atoms with Gasteiger partial charge in [0, 0.05) is 27.5 Å². The molecular formula is C30H36O4S. The summed E-state index contributed by atoms with van der Waals surface area (Å²) < 4.78 is 11.1. The molecule has 5 heteroatoms. The Morgan fingerprint density at radius 2 is 1.89 bits per heavy atom. The molecule has 1 heterocycles. The van der Waals surface area contributed by atoms with Gasteiger partial charge in [0.1, 0.15) is 5.58 Å². The van der Waals surface area contributed by atoms with Gasteiger partial charge >= 0.3 is 11.6 Å². The van der Waals surface area contributed by atoms with Crippen molar-refractivity contribution in [2.75, 3.05) is 12.4 Å². The van der Waals surface area contributed by atoms with Crippen LogP contribution in [0.3, 0.4) is 0 Å². The molecule has 0 aliphatic heterocycles. The molecule has 0 fully saturated rings. The SMILES string of the molecule is C=C(C)C(=O)OCC(CC)CSc1ccc2cc(-c3ccc(CCCCC)cc3C)c(=O)oc2c1. The lowest BCUT2D eigenvalue weighted by Crippen LogP contribution is -2.15. The second kappa shape index (κ2) is 12.8. The number of hydrogen-bond acceptors (Lipinski definition) is 5. The number of unbranched alkanes of at least 4 members (excludes halogenated alkanes) is 2. The third kappa shape index (κ3) is 7.35. The van der Waals surface area contributed by atoms with E-state index < -0.39 is 0 Å². The first-order valence-corrected chi connectivity index (χ1v) is 13.4. The van der Waals surface area contributed by atoms with Crippen molar-refractivity contribution in [1.29, 1.82) is 0 Å². The molecule has 1 aromatic heterocycles. The Morgan fingerprint density at radius 3 is 2.57 bits per heavy atom. The molecule has 0 N–H and O–H groups in total. The first-order valence-electron chi connectivity index (χ1n) is 12.5. The summed E-state index contributed by atoms with van der Waals surface area (Å²) in [4.78, 5) is 25.6.